The monoisotopic (exact) mass is 316 g/mol. The molecule has 0 atom stereocenters. The smallest absolute Gasteiger partial charge is 0.230 e. The summed E-state index contributed by atoms with van der Waals surface area (Å²) >= 11 is 6.08. The first kappa shape index (κ1) is 17.3. The van der Waals surface area contributed by atoms with E-state index in [4.69, 9.17) is 17.3 Å². The van der Waals surface area contributed by atoms with Gasteiger partial charge in [0, 0.05) is 18.1 Å². The molecule has 0 aromatic heterocycles. The van der Waals surface area contributed by atoms with Crippen molar-refractivity contribution < 1.29 is 4.79 Å². The van der Waals surface area contributed by atoms with Crippen LogP contribution >= 0.6 is 24.0 Å². The molecule has 112 valence electrons. The van der Waals surface area contributed by atoms with Crippen molar-refractivity contribution >= 4 is 29.9 Å². The molecule has 5 heteroatoms. The van der Waals surface area contributed by atoms with Crippen LogP contribution in [0.15, 0.2) is 24.3 Å². The van der Waals surface area contributed by atoms with E-state index in [1.807, 2.05) is 24.3 Å². The SMILES string of the molecule is Cl.NCCNC(=O)C1(c2cccc(Cl)c2)CCCCC1. The molecule has 0 aliphatic heterocycles. The molecule has 0 heterocycles. The number of benzene rings is 1. The summed E-state index contributed by atoms with van der Waals surface area (Å²) in [7, 11) is 0. The van der Waals surface area contributed by atoms with Gasteiger partial charge in [0.15, 0.2) is 0 Å². The highest BCUT2D eigenvalue weighted by atomic mass is 35.5. The molecule has 1 aliphatic rings. The first-order valence-corrected chi connectivity index (χ1v) is 7.31. The average Bonchev–Trinajstić information content (AvgIpc) is 2.45. The molecule has 1 aliphatic carbocycles. The molecule has 1 amide bonds. The Morgan fingerprint density at radius 2 is 2.00 bits per heavy atom. The molecule has 1 saturated carbocycles. The molecular formula is C15H22Cl2N2O. The Morgan fingerprint density at radius 3 is 2.60 bits per heavy atom. The maximum Gasteiger partial charge on any atom is 0.230 e. The van der Waals surface area contributed by atoms with Gasteiger partial charge in [-0.3, -0.25) is 4.79 Å². The van der Waals surface area contributed by atoms with Gasteiger partial charge in [-0.1, -0.05) is 43.0 Å². The van der Waals surface area contributed by atoms with Crippen LogP contribution in [0.2, 0.25) is 5.02 Å². The fraction of sp³-hybridized carbons (Fsp3) is 0.533. The summed E-state index contributed by atoms with van der Waals surface area (Å²) < 4.78 is 0. The Labute approximate surface area is 131 Å². The lowest BCUT2D eigenvalue weighted by Gasteiger charge is -2.36. The van der Waals surface area contributed by atoms with E-state index in [0.717, 1.165) is 31.2 Å². The van der Waals surface area contributed by atoms with Crippen molar-refractivity contribution in [3.8, 4) is 0 Å². The first-order valence-electron chi connectivity index (χ1n) is 6.93. The molecule has 0 bridgehead atoms. The molecule has 0 unspecified atom stereocenters. The number of amides is 1. The van der Waals surface area contributed by atoms with Gasteiger partial charge in [0.25, 0.3) is 0 Å². The van der Waals surface area contributed by atoms with Crippen molar-refractivity contribution in [2.75, 3.05) is 13.1 Å². The van der Waals surface area contributed by atoms with E-state index < -0.39 is 5.41 Å². The lowest BCUT2D eigenvalue weighted by molar-refractivity contribution is -0.128. The largest absolute Gasteiger partial charge is 0.354 e. The van der Waals surface area contributed by atoms with E-state index in [1.54, 1.807) is 0 Å². The number of hydrogen-bond acceptors (Lipinski definition) is 2. The van der Waals surface area contributed by atoms with E-state index in [9.17, 15) is 4.79 Å². The predicted octanol–water partition coefficient (Wildman–Crippen LogP) is 3.04. The van der Waals surface area contributed by atoms with Crippen LogP contribution in [0.3, 0.4) is 0 Å². The Morgan fingerprint density at radius 1 is 1.30 bits per heavy atom. The third kappa shape index (κ3) is 3.66. The lowest BCUT2D eigenvalue weighted by Crippen LogP contribution is -2.47. The minimum absolute atomic E-state index is 0. The summed E-state index contributed by atoms with van der Waals surface area (Å²) in [5.74, 6) is 0.0971. The van der Waals surface area contributed by atoms with E-state index in [0.29, 0.717) is 18.1 Å². The number of nitrogens with two attached hydrogens (primary N) is 1. The summed E-state index contributed by atoms with van der Waals surface area (Å²) in [6.45, 7) is 0.999. The zero-order valence-electron chi connectivity index (χ0n) is 11.5. The third-order valence-electron chi connectivity index (χ3n) is 3.95. The molecule has 1 aromatic carbocycles. The van der Waals surface area contributed by atoms with Gasteiger partial charge < -0.3 is 11.1 Å². The fourth-order valence-corrected chi connectivity index (χ4v) is 3.13. The Bertz CT molecular complexity index is 445. The van der Waals surface area contributed by atoms with Gasteiger partial charge >= 0.3 is 0 Å². The van der Waals surface area contributed by atoms with Gasteiger partial charge in [-0.05, 0) is 30.5 Å². The second-order valence-electron chi connectivity index (χ2n) is 5.20. The molecular weight excluding hydrogens is 295 g/mol. The summed E-state index contributed by atoms with van der Waals surface area (Å²) in [4.78, 5) is 12.6. The summed E-state index contributed by atoms with van der Waals surface area (Å²) in [6.07, 6.45) is 5.16. The molecule has 3 N–H and O–H groups in total. The molecule has 3 nitrogen and oxygen atoms in total. The minimum atomic E-state index is -0.418. The Hall–Kier alpha value is -0.770. The van der Waals surface area contributed by atoms with Gasteiger partial charge in [-0.25, -0.2) is 0 Å². The van der Waals surface area contributed by atoms with Crippen molar-refractivity contribution in [3.05, 3.63) is 34.9 Å². The second-order valence-corrected chi connectivity index (χ2v) is 5.63. The molecule has 0 saturated heterocycles. The zero-order valence-corrected chi connectivity index (χ0v) is 13.1. The van der Waals surface area contributed by atoms with E-state index >= 15 is 0 Å². The molecule has 2 rings (SSSR count). The van der Waals surface area contributed by atoms with Crippen molar-refractivity contribution in [2.45, 2.75) is 37.5 Å². The highest BCUT2D eigenvalue weighted by Crippen LogP contribution is 2.40. The topological polar surface area (TPSA) is 55.1 Å². The van der Waals surface area contributed by atoms with Crippen LogP contribution in [-0.4, -0.2) is 19.0 Å². The van der Waals surface area contributed by atoms with Crippen LogP contribution < -0.4 is 11.1 Å². The molecule has 0 radical (unpaired) electrons. The van der Waals surface area contributed by atoms with Crippen molar-refractivity contribution in [3.63, 3.8) is 0 Å². The number of nitrogens with one attached hydrogen (secondary N) is 1. The van der Waals surface area contributed by atoms with Crippen LogP contribution in [0.1, 0.15) is 37.7 Å². The van der Waals surface area contributed by atoms with E-state index in [2.05, 4.69) is 5.32 Å². The van der Waals surface area contributed by atoms with Crippen LogP contribution in [0, 0.1) is 0 Å². The zero-order chi connectivity index (χ0) is 13.7. The van der Waals surface area contributed by atoms with Gasteiger partial charge in [-0.15, -0.1) is 12.4 Å². The quantitative estimate of drug-likeness (QED) is 0.897. The van der Waals surface area contributed by atoms with Crippen molar-refractivity contribution in [1.82, 2.24) is 5.32 Å². The standard InChI is InChI=1S/C15H21ClN2O.ClH/c16-13-6-4-5-12(11-13)15(7-2-1-3-8-15)14(19)18-10-9-17;/h4-6,11H,1-3,7-10,17H2,(H,18,19);1H. The highest BCUT2D eigenvalue weighted by molar-refractivity contribution is 6.30. The van der Waals surface area contributed by atoms with Crippen LogP contribution in [0.4, 0.5) is 0 Å². The number of hydrogen-bond donors (Lipinski definition) is 2. The van der Waals surface area contributed by atoms with Crippen molar-refractivity contribution in [1.29, 1.82) is 0 Å². The van der Waals surface area contributed by atoms with Crippen molar-refractivity contribution in [2.24, 2.45) is 5.73 Å². The minimum Gasteiger partial charge on any atom is -0.354 e. The number of carbonyl (C=O) groups is 1. The number of rotatable bonds is 4. The molecule has 1 aromatic rings. The third-order valence-corrected chi connectivity index (χ3v) is 4.18. The maximum absolute atomic E-state index is 12.6. The van der Waals surface area contributed by atoms with Gasteiger partial charge in [0.2, 0.25) is 5.91 Å². The number of carbonyl (C=O) groups excluding carboxylic acids is 1. The molecule has 20 heavy (non-hydrogen) atoms. The lowest BCUT2D eigenvalue weighted by atomic mass is 9.68. The van der Waals surface area contributed by atoms with E-state index in [-0.39, 0.29) is 18.3 Å². The summed E-state index contributed by atoms with van der Waals surface area (Å²) in [5.41, 5.74) is 6.09. The van der Waals surface area contributed by atoms with Crippen LogP contribution in [0.5, 0.6) is 0 Å². The fourth-order valence-electron chi connectivity index (χ4n) is 2.94. The van der Waals surface area contributed by atoms with Crippen LogP contribution in [-0.2, 0) is 10.2 Å². The van der Waals surface area contributed by atoms with Gasteiger partial charge in [0.1, 0.15) is 0 Å². The Balaban J connectivity index is 0.00000200. The first-order chi connectivity index (χ1) is 9.19. The normalized spacial score (nSPS) is 17.1. The Kier molecular flexibility index (Phi) is 6.80. The second kappa shape index (κ2) is 7.87. The van der Waals surface area contributed by atoms with Gasteiger partial charge in [-0.2, -0.15) is 0 Å². The number of halogens is 2. The van der Waals surface area contributed by atoms with E-state index in [1.165, 1.54) is 6.42 Å². The summed E-state index contributed by atoms with van der Waals surface area (Å²) in [5, 5.41) is 3.64. The molecule has 1 fully saturated rings. The maximum atomic E-state index is 12.6. The highest BCUT2D eigenvalue weighted by Gasteiger charge is 2.40. The average molecular weight is 317 g/mol. The van der Waals surface area contributed by atoms with Gasteiger partial charge in [0.05, 0.1) is 5.41 Å². The van der Waals surface area contributed by atoms with Crippen LogP contribution in [0.25, 0.3) is 0 Å². The predicted molar refractivity (Wildman–Crippen MR) is 85.5 cm³/mol. The molecule has 0 spiro atoms. The summed E-state index contributed by atoms with van der Waals surface area (Å²) in [6, 6.07) is 7.71.